The first-order chi connectivity index (χ1) is 10.0. The summed E-state index contributed by atoms with van der Waals surface area (Å²) in [5, 5.41) is 9.29. The number of hydrogen-bond acceptors (Lipinski definition) is 2. The average molecular weight is 326 g/mol. The highest BCUT2D eigenvalue weighted by Gasteiger charge is 2.15. The molecule has 3 nitrogen and oxygen atoms in total. The Morgan fingerprint density at radius 3 is 2.43 bits per heavy atom. The maximum Gasteiger partial charge on any atom is 0.0624 e. The van der Waals surface area contributed by atoms with E-state index in [-0.39, 0.29) is 6.04 Å². The zero-order valence-electron chi connectivity index (χ0n) is 12.7. The minimum atomic E-state index is 0.266. The monoisotopic (exact) mass is 325 g/mol. The second-order valence-corrected chi connectivity index (χ2v) is 6.01. The molecule has 1 atom stereocenters. The number of nitrogens with one attached hydrogen (secondary N) is 1. The van der Waals surface area contributed by atoms with Crippen LogP contribution in [0.5, 0.6) is 0 Å². The summed E-state index contributed by atoms with van der Waals surface area (Å²) in [6, 6.07) is 8.07. The molecular formula is C16H21Cl2N3. The van der Waals surface area contributed by atoms with Crippen LogP contribution in [0.15, 0.2) is 24.3 Å². The zero-order chi connectivity index (χ0) is 15.4. The van der Waals surface area contributed by atoms with Crippen LogP contribution in [0.1, 0.15) is 23.9 Å². The average Bonchev–Trinajstić information content (AvgIpc) is 2.82. The van der Waals surface area contributed by atoms with Gasteiger partial charge < -0.3 is 5.32 Å². The van der Waals surface area contributed by atoms with Gasteiger partial charge in [0.1, 0.15) is 0 Å². The van der Waals surface area contributed by atoms with Crippen molar-refractivity contribution in [3.05, 3.63) is 51.3 Å². The lowest BCUT2D eigenvalue weighted by molar-refractivity contribution is 0.533. The van der Waals surface area contributed by atoms with E-state index < -0.39 is 0 Å². The summed E-state index contributed by atoms with van der Waals surface area (Å²) >= 11 is 12.5. The lowest BCUT2D eigenvalue weighted by atomic mass is 10.0. The predicted octanol–water partition coefficient (Wildman–Crippen LogP) is 3.66. The first kappa shape index (κ1) is 16.3. The Kier molecular flexibility index (Phi) is 5.68. The predicted molar refractivity (Wildman–Crippen MR) is 89.3 cm³/mol. The van der Waals surface area contributed by atoms with E-state index in [0.29, 0.717) is 0 Å². The summed E-state index contributed by atoms with van der Waals surface area (Å²) < 4.78 is 1.96. The minimum absolute atomic E-state index is 0.266. The van der Waals surface area contributed by atoms with Gasteiger partial charge in [-0.25, -0.2) is 0 Å². The number of hydrogen-bond donors (Lipinski definition) is 1. The van der Waals surface area contributed by atoms with Crippen LogP contribution in [-0.2, 0) is 26.3 Å². The number of aryl methyl sites for hydroxylation is 2. The fourth-order valence-electron chi connectivity index (χ4n) is 2.44. The molecule has 5 heteroatoms. The maximum absolute atomic E-state index is 6.26. The molecular weight excluding hydrogens is 305 g/mol. The van der Waals surface area contributed by atoms with Crippen LogP contribution in [0, 0.1) is 0 Å². The van der Waals surface area contributed by atoms with Crippen LogP contribution in [0.3, 0.4) is 0 Å². The van der Waals surface area contributed by atoms with E-state index in [0.717, 1.165) is 40.6 Å². The molecule has 0 radical (unpaired) electrons. The lowest BCUT2D eigenvalue weighted by Gasteiger charge is -2.18. The van der Waals surface area contributed by atoms with Crippen LogP contribution in [-0.4, -0.2) is 22.9 Å². The van der Waals surface area contributed by atoms with Gasteiger partial charge in [0.05, 0.1) is 5.69 Å². The molecule has 0 spiro atoms. The second kappa shape index (κ2) is 7.30. The summed E-state index contributed by atoms with van der Waals surface area (Å²) in [5.74, 6) is 0. The van der Waals surface area contributed by atoms with Crippen LogP contribution >= 0.6 is 23.2 Å². The molecule has 0 aliphatic rings. The SMILES string of the molecule is CCc1cc(CC(Cc2c(Cl)cccc2Cl)NC)n(C)n1. The highest BCUT2D eigenvalue weighted by molar-refractivity contribution is 6.36. The Hall–Kier alpha value is -1.03. The second-order valence-electron chi connectivity index (χ2n) is 5.20. The Morgan fingerprint density at radius 1 is 1.24 bits per heavy atom. The van der Waals surface area contributed by atoms with Crippen LogP contribution in [0.25, 0.3) is 0 Å². The topological polar surface area (TPSA) is 29.9 Å². The summed E-state index contributed by atoms with van der Waals surface area (Å²) in [4.78, 5) is 0. The van der Waals surface area contributed by atoms with E-state index in [1.54, 1.807) is 0 Å². The van der Waals surface area contributed by atoms with Crippen molar-refractivity contribution in [3.8, 4) is 0 Å². The number of aromatic nitrogens is 2. The maximum atomic E-state index is 6.26. The molecule has 2 aromatic rings. The molecule has 0 amide bonds. The third-order valence-electron chi connectivity index (χ3n) is 3.77. The minimum Gasteiger partial charge on any atom is -0.316 e. The molecule has 0 aliphatic carbocycles. The van der Waals surface area contributed by atoms with Crippen molar-refractivity contribution in [2.45, 2.75) is 32.2 Å². The third-order valence-corrected chi connectivity index (χ3v) is 4.47. The van der Waals surface area contributed by atoms with Gasteiger partial charge in [0.2, 0.25) is 0 Å². The number of benzene rings is 1. The molecule has 1 heterocycles. The largest absolute Gasteiger partial charge is 0.316 e. The van der Waals surface area contributed by atoms with Crippen molar-refractivity contribution in [2.75, 3.05) is 7.05 Å². The van der Waals surface area contributed by atoms with Crippen molar-refractivity contribution in [2.24, 2.45) is 7.05 Å². The molecule has 0 fully saturated rings. The number of likely N-dealkylation sites (N-methyl/N-ethyl adjacent to an activating group) is 1. The van der Waals surface area contributed by atoms with E-state index in [1.165, 1.54) is 5.69 Å². The summed E-state index contributed by atoms with van der Waals surface area (Å²) in [7, 11) is 3.95. The molecule has 1 N–H and O–H groups in total. The summed E-state index contributed by atoms with van der Waals surface area (Å²) in [6.45, 7) is 2.12. The van der Waals surface area contributed by atoms with Gasteiger partial charge in [0.25, 0.3) is 0 Å². The highest BCUT2D eigenvalue weighted by atomic mass is 35.5. The normalized spacial score (nSPS) is 12.6. The first-order valence-corrected chi connectivity index (χ1v) is 7.92. The molecule has 1 unspecified atom stereocenters. The number of rotatable bonds is 6. The van der Waals surface area contributed by atoms with Gasteiger partial charge in [-0.05, 0) is 43.7 Å². The fraction of sp³-hybridized carbons (Fsp3) is 0.438. The van der Waals surface area contributed by atoms with Gasteiger partial charge in [-0.1, -0.05) is 36.2 Å². The van der Waals surface area contributed by atoms with Gasteiger partial charge in [-0.2, -0.15) is 5.10 Å². The molecule has 0 saturated carbocycles. The van der Waals surface area contributed by atoms with Crippen molar-refractivity contribution in [3.63, 3.8) is 0 Å². The van der Waals surface area contributed by atoms with Crippen molar-refractivity contribution in [1.82, 2.24) is 15.1 Å². The standard InChI is InChI=1S/C16H21Cl2N3/c1-4-11-8-13(21(3)20-11)9-12(19-2)10-14-15(17)6-5-7-16(14)18/h5-8,12,19H,4,9-10H2,1-3H3. The molecule has 114 valence electrons. The molecule has 0 bridgehead atoms. The van der Waals surface area contributed by atoms with E-state index in [4.69, 9.17) is 23.2 Å². The van der Waals surface area contributed by atoms with Gasteiger partial charge >= 0.3 is 0 Å². The van der Waals surface area contributed by atoms with Crippen LogP contribution in [0.2, 0.25) is 10.0 Å². The molecule has 1 aromatic carbocycles. The molecule has 0 aliphatic heterocycles. The third kappa shape index (κ3) is 4.00. The summed E-state index contributed by atoms with van der Waals surface area (Å²) in [5.41, 5.74) is 3.34. The molecule has 0 saturated heterocycles. The van der Waals surface area contributed by atoms with Gasteiger partial charge in [-0.15, -0.1) is 0 Å². The van der Waals surface area contributed by atoms with E-state index in [2.05, 4.69) is 23.4 Å². The number of nitrogens with zero attached hydrogens (tertiary/aromatic N) is 2. The van der Waals surface area contributed by atoms with E-state index in [1.807, 2.05) is 37.0 Å². The molecule has 2 rings (SSSR count). The Morgan fingerprint density at radius 2 is 1.90 bits per heavy atom. The van der Waals surface area contributed by atoms with Gasteiger partial charge in [-0.3, -0.25) is 4.68 Å². The van der Waals surface area contributed by atoms with Crippen molar-refractivity contribution >= 4 is 23.2 Å². The highest BCUT2D eigenvalue weighted by Crippen LogP contribution is 2.26. The van der Waals surface area contributed by atoms with E-state index in [9.17, 15) is 0 Å². The quantitative estimate of drug-likeness (QED) is 0.878. The van der Waals surface area contributed by atoms with E-state index >= 15 is 0 Å². The summed E-state index contributed by atoms with van der Waals surface area (Å²) in [6.07, 6.45) is 2.64. The van der Waals surface area contributed by atoms with Crippen molar-refractivity contribution in [1.29, 1.82) is 0 Å². The van der Waals surface area contributed by atoms with Gasteiger partial charge in [0.15, 0.2) is 0 Å². The Bertz CT molecular complexity index is 587. The zero-order valence-corrected chi connectivity index (χ0v) is 14.2. The van der Waals surface area contributed by atoms with Crippen LogP contribution < -0.4 is 5.32 Å². The fourth-order valence-corrected chi connectivity index (χ4v) is 2.99. The Balaban J connectivity index is 2.15. The lowest BCUT2D eigenvalue weighted by Crippen LogP contribution is -2.31. The smallest absolute Gasteiger partial charge is 0.0624 e. The molecule has 21 heavy (non-hydrogen) atoms. The van der Waals surface area contributed by atoms with Crippen molar-refractivity contribution < 1.29 is 0 Å². The number of halogens is 2. The van der Waals surface area contributed by atoms with Crippen LogP contribution in [0.4, 0.5) is 0 Å². The Labute approximate surface area is 136 Å². The van der Waals surface area contributed by atoms with Gasteiger partial charge in [0, 0.05) is 35.2 Å². The molecule has 1 aromatic heterocycles. The first-order valence-electron chi connectivity index (χ1n) is 7.17.